The van der Waals surface area contributed by atoms with Crippen LogP contribution < -0.4 is 10.2 Å². The number of pyridine rings is 1. The van der Waals surface area contributed by atoms with Gasteiger partial charge in [-0.2, -0.15) is 0 Å². The first-order valence-corrected chi connectivity index (χ1v) is 6.71. The monoisotopic (exact) mass is 269 g/mol. The van der Waals surface area contributed by atoms with E-state index in [1.54, 1.807) is 17.3 Å². The number of urea groups is 1. The van der Waals surface area contributed by atoms with E-state index in [1.807, 2.05) is 50.2 Å². The molecule has 20 heavy (non-hydrogen) atoms. The molecule has 0 saturated heterocycles. The normalized spacial score (nSPS) is 10.1. The summed E-state index contributed by atoms with van der Waals surface area (Å²) in [6.07, 6.45) is 3.44. The van der Waals surface area contributed by atoms with Gasteiger partial charge >= 0.3 is 6.03 Å². The van der Waals surface area contributed by atoms with Gasteiger partial charge in [-0.05, 0) is 49.2 Å². The number of carbonyl (C=O) groups is 1. The van der Waals surface area contributed by atoms with E-state index in [9.17, 15) is 4.79 Å². The van der Waals surface area contributed by atoms with Crippen molar-refractivity contribution in [1.29, 1.82) is 0 Å². The first-order valence-electron chi connectivity index (χ1n) is 6.71. The second kappa shape index (κ2) is 6.70. The highest BCUT2D eigenvalue weighted by Crippen LogP contribution is 2.15. The lowest BCUT2D eigenvalue weighted by Crippen LogP contribution is -2.39. The Bertz CT molecular complexity index is 569. The van der Waals surface area contributed by atoms with Gasteiger partial charge in [0.15, 0.2) is 0 Å². The number of hydrogen-bond donors (Lipinski definition) is 1. The molecule has 0 unspecified atom stereocenters. The van der Waals surface area contributed by atoms with Crippen LogP contribution >= 0.6 is 0 Å². The highest BCUT2D eigenvalue weighted by molar-refractivity contribution is 5.91. The number of amides is 2. The fourth-order valence-electron chi connectivity index (χ4n) is 2.01. The van der Waals surface area contributed by atoms with Crippen LogP contribution in [0.2, 0.25) is 0 Å². The van der Waals surface area contributed by atoms with Gasteiger partial charge in [0, 0.05) is 31.2 Å². The standard InChI is InChI=1S/C16H19N3O/c1-3-19(15-6-4-5-13(2)11-15)16(20)18-12-14-7-9-17-10-8-14/h4-11H,3,12H2,1-2H3,(H,18,20). The molecule has 1 heterocycles. The van der Waals surface area contributed by atoms with Gasteiger partial charge in [-0.15, -0.1) is 0 Å². The summed E-state index contributed by atoms with van der Waals surface area (Å²) in [7, 11) is 0. The Balaban J connectivity index is 2.02. The van der Waals surface area contributed by atoms with Crippen LogP contribution in [0.3, 0.4) is 0 Å². The first kappa shape index (κ1) is 14.1. The van der Waals surface area contributed by atoms with E-state index < -0.39 is 0 Å². The molecule has 0 atom stereocenters. The van der Waals surface area contributed by atoms with E-state index in [4.69, 9.17) is 0 Å². The quantitative estimate of drug-likeness (QED) is 0.926. The van der Waals surface area contributed by atoms with Crippen molar-refractivity contribution in [2.45, 2.75) is 20.4 Å². The Morgan fingerprint density at radius 1 is 1.25 bits per heavy atom. The predicted octanol–water partition coefficient (Wildman–Crippen LogP) is 3.13. The summed E-state index contributed by atoms with van der Waals surface area (Å²) in [6.45, 7) is 5.12. The number of aromatic nitrogens is 1. The SMILES string of the molecule is CCN(C(=O)NCc1ccncc1)c1cccc(C)c1. The van der Waals surface area contributed by atoms with Crippen LogP contribution in [0.25, 0.3) is 0 Å². The van der Waals surface area contributed by atoms with Crippen LogP contribution in [0.1, 0.15) is 18.1 Å². The molecule has 0 radical (unpaired) electrons. The van der Waals surface area contributed by atoms with Crippen molar-refractivity contribution in [2.75, 3.05) is 11.4 Å². The van der Waals surface area contributed by atoms with Crippen molar-refractivity contribution in [1.82, 2.24) is 10.3 Å². The van der Waals surface area contributed by atoms with E-state index >= 15 is 0 Å². The van der Waals surface area contributed by atoms with Crippen LogP contribution in [0.15, 0.2) is 48.8 Å². The number of carbonyl (C=O) groups excluding carboxylic acids is 1. The molecule has 1 N–H and O–H groups in total. The maximum absolute atomic E-state index is 12.3. The van der Waals surface area contributed by atoms with Gasteiger partial charge < -0.3 is 5.32 Å². The zero-order chi connectivity index (χ0) is 14.4. The minimum atomic E-state index is -0.0880. The zero-order valence-corrected chi connectivity index (χ0v) is 11.8. The van der Waals surface area contributed by atoms with E-state index in [0.29, 0.717) is 13.1 Å². The minimum Gasteiger partial charge on any atom is -0.334 e. The van der Waals surface area contributed by atoms with Crippen LogP contribution in [0, 0.1) is 6.92 Å². The Morgan fingerprint density at radius 3 is 2.65 bits per heavy atom. The van der Waals surface area contributed by atoms with Crippen LogP contribution in [0.4, 0.5) is 10.5 Å². The van der Waals surface area contributed by atoms with Crippen LogP contribution in [-0.4, -0.2) is 17.6 Å². The van der Waals surface area contributed by atoms with Gasteiger partial charge in [0.25, 0.3) is 0 Å². The van der Waals surface area contributed by atoms with Crippen molar-refractivity contribution in [3.8, 4) is 0 Å². The molecule has 2 amide bonds. The van der Waals surface area contributed by atoms with E-state index in [0.717, 1.165) is 16.8 Å². The lowest BCUT2D eigenvalue weighted by Gasteiger charge is -2.22. The Kier molecular flexibility index (Phi) is 4.71. The molecule has 0 aliphatic rings. The molecular weight excluding hydrogens is 250 g/mol. The molecule has 1 aromatic heterocycles. The fraction of sp³-hybridized carbons (Fsp3) is 0.250. The van der Waals surface area contributed by atoms with Gasteiger partial charge in [0.1, 0.15) is 0 Å². The second-order valence-electron chi connectivity index (χ2n) is 4.60. The van der Waals surface area contributed by atoms with Crippen LogP contribution in [-0.2, 0) is 6.54 Å². The van der Waals surface area contributed by atoms with Gasteiger partial charge in [0.2, 0.25) is 0 Å². The lowest BCUT2D eigenvalue weighted by molar-refractivity contribution is 0.246. The summed E-state index contributed by atoms with van der Waals surface area (Å²) in [5, 5.41) is 2.93. The van der Waals surface area contributed by atoms with Crippen molar-refractivity contribution in [3.05, 3.63) is 59.9 Å². The summed E-state index contributed by atoms with van der Waals surface area (Å²) in [5.74, 6) is 0. The molecule has 0 spiro atoms. The van der Waals surface area contributed by atoms with Crippen molar-refractivity contribution >= 4 is 11.7 Å². The second-order valence-corrected chi connectivity index (χ2v) is 4.60. The number of hydrogen-bond acceptors (Lipinski definition) is 2. The highest BCUT2D eigenvalue weighted by atomic mass is 16.2. The topological polar surface area (TPSA) is 45.2 Å². The molecule has 0 aliphatic carbocycles. The van der Waals surface area contributed by atoms with E-state index in [-0.39, 0.29) is 6.03 Å². The number of nitrogens with zero attached hydrogens (tertiary/aromatic N) is 2. The van der Waals surface area contributed by atoms with Gasteiger partial charge in [0.05, 0.1) is 0 Å². The molecule has 1 aromatic carbocycles. The molecule has 104 valence electrons. The lowest BCUT2D eigenvalue weighted by atomic mass is 10.2. The van der Waals surface area contributed by atoms with Crippen molar-refractivity contribution < 1.29 is 4.79 Å². The largest absolute Gasteiger partial charge is 0.334 e. The molecule has 4 nitrogen and oxygen atoms in total. The summed E-state index contributed by atoms with van der Waals surface area (Å²) in [4.78, 5) is 17.9. The minimum absolute atomic E-state index is 0.0880. The average molecular weight is 269 g/mol. The van der Waals surface area contributed by atoms with Crippen LogP contribution in [0.5, 0.6) is 0 Å². The van der Waals surface area contributed by atoms with E-state index in [1.165, 1.54) is 0 Å². The van der Waals surface area contributed by atoms with Crippen molar-refractivity contribution in [3.63, 3.8) is 0 Å². The summed E-state index contributed by atoms with van der Waals surface area (Å²) < 4.78 is 0. The van der Waals surface area contributed by atoms with E-state index in [2.05, 4.69) is 10.3 Å². The summed E-state index contributed by atoms with van der Waals surface area (Å²) in [5.41, 5.74) is 3.09. The maximum Gasteiger partial charge on any atom is 0.322 e. The van der Waals surface area contributed by atoms with Gasteiger partial charge in [-0.1, -0.05) is 12.1 Å². The van der Waals surface area contributed by atoms with Crippen molar-refractivity contribution in [2.24, 2.45) is 0 Å². The van der Waals surface area contributed by atoms with Gasteiger partial charge in [-0.25, -0.2) is 4.79 Å². The molecule has 0 saturated carbocycles. The molecule has 2 aromatic rings. The Morgan fingerprint density at radius 2 is 2.00 bits per heavy atom. The predicted molar refractivity (Wildman–Crippen MR) is 80.7 cm³/mol. The Hall–Kier alpha value is -2.36. The molecular formula is C16H19N3O. The number of anilines is 1. The average Bonchev–Trinajstić information content (AvgIpc) is 2.47. The number of rotatable bonds is 4. The molecule has 0 fully saturated rings. The number of aryl methyl sites for hydroxylation is 1. The molecule has 2 rings (SSSR count). The fourth-order valence-corrected chi connectivity index (χ4v) is 2.01. The molecule has 0 bridgehead atoms. The van der Waals surface area contributed by atoms with Gasteiger partial charge in [-0.3, -0.25) is 9.88 Å². The number of nitrogens with one attached hydrogen (secondary N) is 1. The first-order chi connectivity index (χ1) is 9.70. The highest BCUT2D eigenvalue weighted by Gasteiger charge is 2.13. The number of benzene rings is 1. The maximum atomic E-state index is 12.3. The Labute approximate surface area is 119 Å². The summed E-state index contributed by atoms with van der Waals surface area (Å²) >= 11 is 0. The smallest absolute Gasteiger partial charge is 0.322 e. The summed E-state index contributed by atoms with van der Waals surface area (Å²) in [6, 6.07) is 11.6. The third-order valence-electron chi connectivity index (χ3n) is 3.07. The molecule has 0 aliphatic heterocycles. The zero-order valence-electron chi connectivity index (χ0n) is 11.8. The third kappa shape index (κ3) is 3.57. The molecule has 4 heteroatoms. The third-order valence-corrected chi connectivity index (χ3v) is 3.07.